The molecule has 4 nitrogen and oxygen atoms in total. The average molecular weight is 377 g/mol. The molecule has 1 amide bonds. The van der Waals surface area contributed by atoms with Gasteiger partial charge in [0.2, 0.25) is 5.91 Å². The van der Waals surface area contributed by atoms with Crippen LogP contribution in [0, 0.1) is 5.92 Å². The van der Waals surface area contributed by atoms with Crippen molar-refractivity contribution in [2.24, 2.45) is 5.92 Å². The van der Waals surface area contributed by atoms with E-state index in [0.717, 1.165) is 11.3 Å². The van der Waals surface area contributed by atoms with Crippen molar-refractivity contribution in [2.75, 3.05) is 11.9 Å². The van der Waals surface area contributed by atoms with Crippen LogP contribution in [0.3, 0.4) is 0 Å². The maximum absolute atomic E-state index is 12.1. The fraction of sp³-hybridized carbons (Fsp3) is 0.263. The Hall–Kier alpha value is -2.11. The van der Waals surface area contributed by atoms with Crippen LogP contribution >= 0.6 is 23.8 Å². The summed E-state index contributed by atoms with van der Waals surface area (Å²) in [6.45, 7) is 4.77. The molecule has 0 atom stereocenters. The third-order valence-electron chi connectivity index (χ3n) is 3.24. The van der Waals surface area contributed by atoms with Gasteiger partial charge in [-0.1, -0.05) is 49.7 Å². The monoisotopic (exact) mass is 376 g/mol. The van der Waals surface area contributed by atoms with E-state index >= 15 is 0 Å². The molecule has 132 valence electrons. The number of amides is 1. The second kappa shape index (κ2) is 9.39. The Morgan fingerprint density at radius 3 is 2.52 bits per heavy atom. The van der Waals surface area contributed by atoms with Crippen molar-refractivity contribution in [1.29, 1.82) is 0 Å². The van der Waals surface area contributed by atoms with E-state index in [9.17, 15) is 4.79 Å². The van der Waals surface area contributed by atoms with Crippen LogP contribution in [0.15, 0.2) is 48.5 Å². The molecule has 0 aliphatic heterocycles. The predicted octanol–water partition coefficient (Wildman–Crippen LogP) is 4.43. The average Bonchev–Trinajstić information content (AvgIpc) is 2.56. The summed E-state index contributed by atoms with van der Waals surface area (Å²) in [4.78, 5) is 12.1. The molecule has 0 bridgehead atoms. The maximum atomic E-state index is 12.1. The molecular weight excluding hydrogens is 356 g/mol. The Kier molecular flexibility index (Phi) is 7.22. The number of rotatable bonds is 6. The van der Waals surface area contributed by atoms with E-state index in [1.165, 1.54) is 0 Å². The van der Waals surface area contributed by atoms with Crippen molar-refractivity contribution in [2.45, 2.75) is 20.3 Å². The lowest BCUT2D eigenvalue weighted by atomic mass is 10.1. The number of benzene rings is 2. The molecule has 25 heavy (non-hydrogen) atoms. The van der Waals surface area contributed by atoms with Gasteiger partial charge in [0.05, 0.1) is 18.7 Å². The summed E-state index contributed by atoms with van der Waals surface area (Å²) in [7, 11) is 0. The van der Waals surface area contributed by atoms with Gasteiger partial charge in [0.25, 0.3) is 0 Å². The largest absolute Gasteiger partial charge is 0.491 e. The van der Waals surface area contributed by atoms with Crippen LogP contribution in [-0.2, 0) is 11.2 Å². The van der Waals surface area contributed by atoms with Crippen molar-refractivity contribution in [3.05, 3.63) is 59.1 Å². The predicted molar refractivity (Wildman–Crippen MR) is 106 cm³/mol. The van der Waals surface area contributed by atoms with Crippen LogP contribution in [0.5, 0.6) is 5.75 Å². The molecule has 2 N–H and O–H groups in total. The molecule has 2 rings (SSSR count). The molecule has 6 heteroatoms. The van der Waals surface area contributed by atoms with Crippen LogP contribution in [0.1, 0.15) is 19.4 Å². The molecule has 0 radical (unpaired) electrons. The van der Waals surface area contributed by atoms with E-state index in [-0.39, 0.29) is 17.4 Å². The van der Waals surface area contributed by atoms with E-state index in [4.69, 9.17) is 28.6 Å². The zero-order chi connectivity index (χ0) is 18.2. The van der Waals surface area contributed by atoms with E-state index in [2.05, 4.69) is 24.5 Å². The topological polar surface area (TPSA) is 50.4 Å². The zero-order valence-corrected chi connectivity index (χ0v) is 15.8. The molecule has 0 aliphatic rings. The van der Waals surface area contributed by atoms with Crippen LogP contribution in [-0.4, -0.2) is 17.6 Å². The second-order valence-corrected chi connectivity index (χ2v) is 6.85. The van der Waals surface area contributed by atoms with Gasteiger partial charge in [-0.25, -0.2) is 0 Å². The third-order valence-corrected chi connectivity index (χ3v) is 3.69. The van der Waals surface area contributed by atoms with Gasteiger partial charge in [-0.3, -0.25) is 4.79 Å². The van der Waals surface area contributed by atoms with Crippen molar-refractivity contribution in [1.82, 2.24) is 5.32 Å². The third kappa shape index (κ3) is 6.72. The lowest BCUT2D eigenvalue weighted by Crippen LogP contribution is -2.35. The van der Waals surface area contributed by atoms with E-state index in [1.807, 2.05) is 36.4 Å². The number of hydrogen-bond acceptors (Lipinski definition) is 3. The summed E-state index contributed by atoms with van der Waals surface area (Å²) in [6.07, 6.45) is 0.227. The van der Waals surface area contributed by atoms with E-state index in [1.54, 1.807) is 12.1 Å². The fourth-order valence-corrected chi connectivity index (χ4v) is 2.41. The van der Waals surface area contributed by atoms with Gasteiger partial charge in [-0.05, 0) is 48.0 Å². The number of halogens is 1. The fourth-order valence-electron chi connectivity index (χ4n) is 2.06. The van der Waals surface area contributed by atoms with E-state index in [0.29, 0.717) is 23.3 Å². The molecule has 2 aromatic rings. The molecular formula is C19H21ClN2O2S. The normalized spacial score (nSPS) is 10.4. The first kappa shape index (κ1) is 19.2. The molecule has 0 heterocycles. The first-order valence-electron chi connectivity index (χ1n) is 8.01. The highest BCUT2D eigenvalue weighted by Gasteiger charge is 2.09. The Balaban J connectivity index is 1.91. The van der Waals surface area contributed by atoms with Gasteiger partial charge >= 0.3 is 0 Å². The van der Waals surface area contributed by atoms with Gasteiger partial charge < -0.3 is 15.4 Å². The highest BCUT2D eigenvalue weighted by Crippen LogP contribution is 2.24. The van der Waals surface area contributed by atoms with Crippen molar-refractivity contribution >= 4 is 40.5 Å². The van der Waals surface area contributed by atoms with Gasteiger partial charge in [-0.15, -0.1) is 0 Å². The second-order valence-electron chi connectivity index (χ2n) is 6.01. The molecule has 0 spiro atoms. The lowest BCUT2D eigenvalue weighted by molar-refractivity contribution is -0.119. The summed E-state index contributed by atoms with van der Waals surface area (Å²) in [5.74, 6) is 0.921. The van der Waals surface area contributed by atoms with Crippen molar-refractivity contribution in [3.63, 3.8) is 0 Å². The number of carbonyl (C=O) groups excluding carboxylic acids is 1. The zero-order valence-electron chi connectivity index (χ0n) is 14.2. The van der Waals surface area contributed by atoms with Crippen molar-refractivity contribution in [3.8, 4) is 5.75 Å². The summed E-state index contributed by atoms with van der Waals surface area (Å²) in [6, 6.07) is 14.6. The molecule has 0 fully saturated rings. The lowest BCUT2D eigenvalue weighted by Gasteiger charge is -2.15. The minimum Gasteiger partial charge on any atom is -0.491 e. The summed E-state index contributed by atoms with van der Waals surface area (Å²) >= 11 is 11.1. The molecule has 0 unspecified atom stereocenters. The highest BCUT2D eigenvalue weighted by atomic mass is 35.5. The molecule has 0 aromatic heterocycles. The molecule has 0 saturated heterocycles. The van der Waals surface area contributed by atoms with Gasteiger partial charge in [0.1, 0.15) is 5.75 Å². The van der Waals surface area contributed by atoms with Crippen LogP contribution in [0.25, 0.3) is 0 Å². The number of anilines is 1. The van der Waals surface area contributed by atoms with E-state index < -0.39 is 0 Å². The molecule has 0 saturated carbocycles. The van der Waals surface area contributed by atoms with Gasteiger partial charge in [0, 0.05) is 5.02 Å². The van der Waals surface area contributed by atoms with Crippen LogP contribution < -0.4 is 15.4 Å². The van der Waals surface area contributed by atoms with Gasteiger partial charge in [-0.2, -0.15) is 0 Å². The number of nitrogens with one attached hydrogen (secondary N) is 2. The minimum atomic E-state index is -0.194. The molecule has 0 aliphatic carbocycles. The molecule has 2 aromatic carbocycles. The first-order chi connectivity index (χ1) is 11.9. The Labute approximate surface area is 158 Å². The summed E-state index contributed by atoms with van der Waals surface area (Å²) in [5, 5.41) is 6.56. The maximum Gasteiger partial charge on any atom is 0.230 e. The van der Waals surface area contributed by atoms with Crippen molar-refractivity contribution < 1.29 is 9.53 Å². The number of para-hydroxylation sites is 2. The van der Waals surface area contributed by atoms with Gasteiger partial charge in [0.15, 0.2) is 5.11 Å². The summed E-state index contributed by atoms with van der Waals surface area (Å²) in [5.41, 5.74) is 1.59. The Bertz CT molecular complexity index is 732. The number of ether oxygens (including phenoxy) is 1. The number of thiocarbonyl (C=S) groups is 1. The first-order valence-corrected chi connectivity index (χ1v) is 8.80. The summed E-state index contributed by atoms with van der Waals surface area (Å²) < 4.78 is 5.76. The smallest absolute Gasteiger partial charge is 0.230 e. The number of hydrogen-bond donors (Lipinski definition) is 2. The standard InChI is InChI=1S/C19H21ClN2O2S/c1-13(2)12-24-17-6-4-3-5-16(17)21-19(25)22-18(23)11-14-7-9-15(20)10-8-14/h3-10,13H,11-12H2,1-2H3,(H2,21,22,23,25). The Morgan fingerprint density at radius 2 is 1.84 bits per heavy atom. The van der Waals surface area contributed by atoms with Crippen LogP contribution in [0.4, 0.5) is 5.69 Å². The SMILES string of the molecule is CC(C)COc1ccccc1NC(=S)NC(=O)Cc1ccc(Cl)cc1. The number of carbonyl (C=O) groups is 1. The highest BCUT2D eigenvalue weighted by molar-refractivity contribution is 7.80. The Morgan fingerprint density at radius 1 is 1.16 bits per heavy atom. The quantitative estimate of drug-likeness (QED) is 0.732. The van der Waals surface area contributed by atoms with Crippen LogP contribution in [0.2, 0.25) is 5.02 Å². The minimum absolute atomic E-state index is 0.194.